The third-order valence-corrected chi connectivity index (χ3v) is 5.77. The molecule has 0 unspecified atom stereocenters. The van der Waals surface area contributed by atoms with Crippen molar-refractivity contribution in [2.45, 2.75) is 25.7 Å². The van der Waals surface area contributed by atoms with Crippen molar-refractivity contribution in [2.24, 2.45) is 10.7 Å². The Labute approximate surface area is 185 Å². The van der Waals surface area contributed by atoms with E-state index >= 15 is 0 Å². The number of fused-ring (bicyclic) bond motifs is 2. The number of benzene rings is 3. The molecule has 0 atom stereocenters. The number of amidine groups is 2. The van der Waals surface area contributed by atoms with E-state index in [1.807, 2.05) is 0 Å². The van der Waals surface area contributed by atoms with Crippen molar-refractivity contribution in [1.82, 2.24) is 0 Å². The second-order valence-corrected chi connectivity index (χ2v) is 8.05. The van der Waals surface area contributed by atoms with Crippen LogP contribution in [-0.2, 0) is 12.8 Å². The first kappa shape index (κ1) is 21.6. The van der Waals surface area contributed by atoms with Crippen molar-refractivity contribution in [1.29, 1.82) is 5.41 Å². The molecule has 0 amide bonds. The predicted octanol–water partition coefficient (Wildman–Crippen LogP) is 6.47. The second kappa shape index (κ2) is 8.13. The number of rotatable bonds is 5. The largest absolute Gasteiger partial charge is 0.383 e. The Kier molecular flexibility index (Phi) is 5.66. The minimum absolute atomic E-state index is 0.106. The van der Waals surface area contributed by atoms with Crippen LogP contribution in [0.1, 0.15) is 22.3 Å². The lowest BCUT2D eigenvalue weighted by Crippen LogP contribution is -2.11. The molecule has 0 spiro atoms. The number of nitrogens with one attached hydrogen (secondary N) is 1. The molecule has 3 N–H and O–H groups in total. The number of alkyl halides is 4. The molecule has 0 aromatic heterocycles. The molecule has 1 heterocycles. The summed E-state index contributed by atoms with van der Waals surface area (Å²) in [5, 5.41) is 10.1. The molecule has 1 aliphatic heterocycles. The van der Waals surface area contributed by atoms with Gasteiger partial charge >= 0.3 is 0 Å². The molecule has 0 bridgehead atoms. The van der Waals surface area contributed by atoms with Crippen LogP contribution in [0.4, 0.5) is 17.6 Å². The summed E-state index contributed by atoms with van der Waals surface area (Å²) in [4.78, 5) is 4.02. The molecule has 3 nitrogen and oxygen atoms in total. The van der Waals surface area contributed by atoms with E-state index in [9.17, 15) is 17.6 Å². The summed E-state index contributed by atoms with van der Waals surface area (Å²) >= 11 is 12.4. The Morgan fingerprint density at radius 1 is 0.839 bits per heavy atom. The van der Waals surface area contributed by atoms with Crippen LogP contribution in [0, 0.1) is 5.41 Å². The van der Waals surface area contributed by atoms with Gasteiger partial charge in [-0.05, 0) is 45.7 Å². The van der Waals surface area contributed by atoms with E-state index in [0.717, 1.165) is 0 Å². The van der Waals surface area contributed by atoms with Gasteiger partial charge in [0.05, 0.1) is 10.0 Å². The van der Waals surface area contributed by atoms with Gasteiger partial charge in [0.1, 0.15) is 5.84 Å². The Balaban J connectivity index is 2.07. The van der Waals surface area contributed by atoms with E-state index in [1.54, 1.807) is 18.2 Å². The second-order valence-electron chi connectivity index (χ2n) is 7.24. The van der Waals surface area contributed by atoms with Gasteiger partial charge in [0.2, 0.25) is 12.9 Å². The van der Waals surface area contributed by atoms with Crippen LogP contribution in [-0.4, -0.2) is 24.5 Å². The van der Waals surface area contributed by atoms with Crippen molar-refractivity contribution < 1.29 is 17.6 Å². The first-order chi connectivity index (χ1) is 14.6. The monoisotopic (exact) mass is 467 g/mol. The van der Waals surface area contributed by atoms with Gasteiger partial charge in [-0.2, -0.15) is 0 Å². The molecular weight excluding hydrogens is 453 g/mol. The molecule has 3 aromatic carbocycles. The molecule has 0 radical (unpaired) electrons. The summed E-state index contributed by atoms with van der Waals surface area (Å²) in [7, 11) is 0. The molecule has 160 valence electrons. The van der Waals surface area contributed by atoms with Crippen LogP contribution in [0.3, 0.4) is 0 Å². The fraction of sp³-hybridized carbons (Fsp3) is 0.182. The number of nitrogens with two attached hydrogens (primary N) is 1. The zero-order valence-electron chi connectivity index (χ0n) is 15.8. The zero-order chi connectivity index (χ0) is 22.4. The number of halogens is 6. The highest BCUT2D eigenvalue weighted by Crippen LogP contribution is 2.41. The Morgan fingerprint density at radius 2 is 1.42 bits per heavy atom. The van der Waals surface area contributed by atoms with Crippen LogP contribution in [0.2, 0.25) is 10.0 Å². The van der Waals surface area contributed by atoms with E-state index in [4.69, 9.17) is 34.3 Å². The van der Waals surface area contributed by atoms with Crippen molar-refractivity contribution in [2.75, 3.05) is 0 Å². The molecule has 0 saturated carbocycles. The standard InChI is InChI=1S/C22H15Cl2F4N3/c23-15-7-11-6-14-20(22(30)31-21(14)29)19(13(11)8-16(15)24)12-2-9(4-17(25)26)1-10(3-12)5-18(27)28/h1-3,6-8,17-18H,4-5H2,(H3,29,30,31). The Bertz CT molecular complexity index is 1230. The highest BCUT2D eigenvalue weighted by Gasteiger charge is 2.26. The van der Waals surface area contributed by atoms with Crippen molar-refractivity contribution in [3.05, 3.63) is 68.7 Å². The minimum Gasteiger partial charge on any atom is -0.383 e. The van der Waals surface area contributed by atoms with E-state index < -0.39 is 25.7 Å². The summed E-state index contributed by atoms with van der Waals surface area (Å²) in [6.45, 7) is 0. The maximum Gasteiger partial charge on any atom is 0.242 e. The number of hydrogen-bond acceptors (Lipinski definition) is 2. The van der Waals surface area contributed by atoms with Crippen LogP contribution in [0.5, 0.6) is 0 Å². The summed E-state index contributed by atoms with van der Waals surface area (Å²) in [6, 6.07) is 9.33. The zero-order valence-corrected chi connectivity index (χ0v) is 17.3. The number of aliphatic imine (C=N–C) groups is 1. The first-order valence-electron chi connectivity index (χ1n) is 9.22. The van der Waals surface area contributed by atoms with Gasteiger partial charge in [0.15, 0.2) is 5.84 Å². The van der Waals surface area contributed by atoms with Gasteiger partial charge in [-0.25, -0.2) is 22.6 Å². The normalized spacial score (nSPS) is 13.4. The maximum atomic E-state index is 13.1. The average Bonchev–Trinajstić information content (AvgIpc) is 2.93. The van der Waals surface area contributed by atoms with Crippen LogP contribution in [0.15, 0.2) is 41.4 Å². The van der Waals surface area contributed by atoms with E-state index in [1.165, 1.54) is 18.2 Å². The third kappa shape index (κ3) is 4.12. The van der Waals surface area contributed by atoms with Crippen molar-refractivity contribution in [3.63, 3.8) is 0 Å². The fourth-order valence-corrected chi connectivity index (χ4v) is 4.21. The van der Waals surface area contributed by atoms with Crippen molar-refractivity contribution >= 4 is 45.6 Å². The number of nitrogens with zero attached hydrogens (tertiary/aromatic N) is 1. The lowest BCUT2D eigenvalue weighted by atomic mass is 9.88. The third-order valence-electron chi connectivity index (χ3n) is 5.05. The van der Waals surface area contributed by atoms with Crippen LogP contribution >= 0.6 is 23.2 Å². The molecule has 4 rings (SSSR count). The van der Waals surface area contributed by atoms with Gasteiger partial charge < -0.3 is 5.73 Å². The number of hydrogen-bond donors (Lipinski definition) is 2. The average molecular weight is 468 g/mol. The fourth-order valence-electron chi connectivity index (χ4n) is 3.88. The van der Waals surface area contributed by atoms with Gasteiger partial charge in [-0.1, -0.05) is 41.4 Å². The SMILES string of the molecule is N=C1N=C(N)c2cc3cc(Cl)c(Cl)cc3c(-c3cc(CC(F)F)cc(CC(F)F)c3)c21. The first-order valence-corrected chi connectivity index (χ1v) is 9.98. The molecule has 3 aromatic rings. The lowest BCUT2D eigenvalue weighted by Gasteiger charge is -2.17. The van der Waals surface area contributed by atoms with E-state index in [0.29, 0.717) is 38.0 Å². The molecule has 0 saturated heterocycles. The Hall–Kier alpha value is -2.64. The summed E-state index contributed by atoms with van der Waals surface area (Å²) in [5.74, 6) is 0.0240. The van der Waals surface area contributed by atoms with Gasteiger partial charge in [-0.15, -0.1) is 0 Å². The lowest BCUT2D eigenvalue weighted by molar-refractivity contribution is 0.148. The van der Waals surface area contributed by atoms with Gasteiger partial charge in [-0.3, -0.25) is 5.41 Å². The molecule has 31 heavy (non-hydrogen) atoms. The topological polar surface area (TPSA) is 62.2 Å². The maximum absolute atomic E-state index is 13.1. The van der Waals surface area contributed by atoms with Gasteiger partial charge in [0, 0.05) is 29.5 Å². The Morgan fingerprint density at radius 3 is 2.00 bits per heavy atom. The van der Waals surface area contributed by atoms with Crippen molar-refractivity contribution in [3.8, 4) is 11.1 Å². The summed E-state index contributed by atoms with van der Waals surface area (Å²) < 4.78 is 52.3. The highest BCUT2D eigenvalue weighted by atomic mass is 35.5. The van der Waals surface area contributed by atoms with E-state index in [-0.39, 0.29) is 27.8 Å². The quantitative estimate of drug-likeness (QED) is 0.414. The molecule has 1 aliphatic rings. The van der Waals surface area contributed by atoms with Crippen LogP contribution in [0.25, 0.3) is 21.9 Å². The molecule has 9 heteroatoms. The van der Waals surface area contributed by atoms with Crippen LogP contribution < -0.4 is 5.73 Å². The highest BCUT2D eigenvalue weighted by molar-refractivity contribution is 6.43. The summed E-state index contributed by atoms with van der Waals surface area (Å²) in [6.07, 6.45) is -6.45. The van der Waals surface area contributed by atoms with E-state index in [2.05, 4.69) is 4.99 Å². The minimum atomic E-state index is -2.64. The smallest absolute Gasteiger partial charge is 0.242 e. The van der Waals surface area contributed by atoms with Gasteiger partial charge in [0.25, 0.3) is 0 Å². The molecule has 0 aliphatic carbocycles. The molecular formula is C22H15Cl2F4N3. The molecule has 0 fully saturated rings. The summed E-state index contributed by atoms with van der Waals surface area (Å²) in [5.41, 5.74) is 8.16. The predicted molar refractivity (Wildman–Crippen MR) is 116 cm³/mol.